The third-order valence-corrected chi connectivity index (χ3v) is 6.20. The molecule has 3 aliphatic rings. The Morgan fingerprint density at radius 3 is 2.32 bits per heavy atom. The van der Waals surface area contributed by atoms with E-state index in [9.17, 15) is 18.8 Å². The Balaban J connectivity index is 1.38. The van der Waals surface area contributed by atoms with Gasteiger partial charge in [-0.2, -0.15) is 0 Å². The Morgan fingerprint density at radius 2 is 1.64 bits per heavy atom. The van der Waals surface area contributed by atoms with Gasteiger partial charge in [-0.15, -0.1) is 0 Å². The lowest BCUT2D eigenvalue weighted by Gasteiger charge is -2.37. The molecule has 0 aliphatic carbocycles. The molecule has 6 nitrogen and oxygen atoms in total. The van der Waals surface area contributed by atoms with Crippen molar-refractivity contribution in [1.82, 2.24) is 9.80 Å². The van der Waals surface area contributed by atoms with E-state index in [0.29, 0.717) is 25.9 Å². The van der Waals surface area contributed by atoms with Crippen molar-refractivity contribution in [2.45, 2.75) is 44.6 Å². The molecule has 7 heteroatoms. The molecular weight excluding hydrogens is 361 g/mol. The second kappa shape index (κ2) is 7.99. The molecule has 3 amide bonds. The lowest BCUT2D eigenvalue weighted by atomic mass is 9.93. The van der Waals surface area contributed by atoms with E-state index in [1.54, 1.807) is 6.07 Å². The van der Waals surface area contributed by atoms with Gasteiger partial charge in [-0.25, -0.2) is 9.29 Å². The Bertz CT molecular complexity index is 770. The summed E-state index contributed by atoms with van der Waals surface area (Å²) in [4.78, 5) is 42.9. The molecule has 3 heterocycles. The average Bonchev–Trinajstić information content (AvgIpc) is 3.03. The van der Waals surface area contributed by atoms with E-state index in [-0.39, 0.29) is 35.7 Å². The fourth-order valence-electron chi connectivity index (χ4n) is 4.62. The number of carbonyl (C=O) groups excluding carboxylic acids is 3. The molecule has 3 fully saturated rings. The number of halogens is 1. The molecule has 1 aromatic rings. The van der Waals surface area contributed by atoms with E-state index >= 15 is 0 Å². The van der Waals surface area contributed by atoms with E-state index in [1.165, 1.54) is 24.6 Å². The lowest BCUT2D eigenvalue weighted by Crippen LogP contribution is -2.49. The highest BCUT2D eigenvalue weighted by Gasteiger charge is 2.44. The average molecular weight is 387 g/mol. The van der Waals surface area contributed by atoms with Gasteiger partial charge in [0.25, 0.3) is 5.91 Å². The number of hydrogen-bond acceptors (Lipinski definition) is 4. The van der Waals surface area contributed by atoms with Gasteiger partial charge in [0.05, 0.1) is 18.2 Å². The van der Waals surface area contributed by atoms with Crippen molar-refractivity contribution >= 4 is 23.4 Å². The summed E-state index contributed by atoms with van der Waals surface area (Å²) >= 11 is 0. The zero-order valence-electron chi connectivity index (χ0n) is 16.0. The summed E-state index contributed by atoms with van der Waals surface area (Å²) in [7, 11) is 0. The first kappa shape index (κ1) is 19.1. The molecule has 3 saturated heterocycles. The lowest BCUT2D eigenvalue weighted by molar-refractivity contribution is -0.138. The molecule has 1 aromatic carbocycles. The summed E-state index contributed by atoms with van der Waals surface area (Å²) in [5.74, 6) is -1.07. The molecule has 0 spiro atoms. The summed E-state index contributed by atoms with van der Waals surface area (Å²) in [6.07, 6.45) is 4.82. The minimum Gasteiger partial charge on any atom is -0.342 e. The Labute approximate surface area is 164 Å². The summed E-state index contributed by atoms with van der Waals surface area (Å²) in [6.45, 7) is 2.93. The first-order valence-corrected chi connectivity index (χ1v) is 10.2. The fourth-order valence-corrected chi connectivity index (χ4v) is 4.62. The molecule has 150 valence electrons. The molecule has 3 aliphatic heterocycles. The topological polar surface area (TPSA) is 60.9 Å². The summed E-state index contributed by atoms with van der Waals surface area (Å²) in [5, 5.41) is 0. The zero-order chi connectivity index (χ0) is 19.7. The molecule has 0 radical (unpaired) electrons. The molecule has 1 unspecified atom stereocenters. The van der Waals surface area contributed by atoms with Crippen molar-refractivity contribution in [3.63, 3.8) is 0 Å². The van der Waals surface area contributed by atoms with Gasteiger partial charge in [0.1, 0.15) is 5.82 Å². The van der Waals surface area contributed by atoms with Gasteiger partial charge in [-0.1, -0.05) is 12.1 Å². The Morgan fingerprint density at radius 1 is 0.964 bits per heavy atom. The maximum Gasteiger partial charge on any atom is 0.251 e. The molecule has 28 heavy (non-hydrogen) atoms. The standard InChI is InChI=1S/C21H26FN3O3/c22-16-6-2-3-7-17(16)25-19(26)14-18(21(25)28)23-12-8-15(9-13-23)20(27)24-10-4-1-5-11-24/h2-3,6-7,15,18H,1,4-5,8-14H2. The third-order valence-electron chi connectivity index (χ3n) is 6.20. The molecular formula is C21H26FN3O3. The summed E-state index contributed by atoms with van der Waals surface area (Å²) in [6, 6.07) is 5.30. The number of imide groups is 1. The van der Waals surface area contributed by atoms with Crippen LogP contribution in [0.1, 0.15) is 38.5 Å². The van der Waals surface area contributed by atoms with E-state index in [0.717, 1.165) is 30.8 Å². The van der Waals surface area contributed by atoms with Crippen molar-refractivity contribution in [2.75, 3.05) is 31.1 Å². The van der Waals surface area contributed by atoms with Crippen LogP contribution in [0.2, 0.25) is 0 Å². The van der Waals surface area contributed by atoms with E-state index in [4.69, 9.17) is 0 Å². The van der Waals surface area contributed by atoms with Gasteiger partial charge in [0, 0.05) is 19.0 Å². The monoisotopic (exact) mass is 387 g/mol. The minimum atomic E-state index is -0.573. The number of rotatable bonds is 3. The number of hydrogen-bond donors (Lipinski definition) is 0. The first-order valence-electron chi connectivity index (χ1n) is 10.2. The van der Waals surface area contributed by atoms with Gasteiger partial charge in [0.2, 0.25) is 11.8 Å². The van der Waals surface area contributed by atoms with Crippen LogP contribution in [0.3, 0.4) is 0 Å². The quantitative estimate of drug-likeness (QED) is 0.746. The molecule has 0 aromatic heterocycles. The second-order valence-electron chi connectivity index (χ2n) is 7.93. The number of benzene rings is 1. The van der Waals surface area contributed by atoms with Crippen molar-refractivity contribution < 1.29 is 18.8 Å². The van der Waals surface area contributed by atoms with Crippen LogP contribution in [-0.4, -0.2) is 59.7 Å². The van der Waals surface area contributed by atoms with Crippen LogP contribution in [0.5, 0.6) is 0 Å². The minimum absolute atomic E-state index is 0.00391. The predicted molar refractivity (Wildman–Crippen MR) is 102 cm³/mol. The molecule has 4 rings (SSSR count). The van der Waals surface area contributed by atoms with Crippen LogP contribution in [0.25, 0.3) is 0 Å². The predicted octanol–water partition coefficient (Wildman–Crippen LogP) is 2.18. The summed E-state index contributed by atoms with van der Waals surface area (Å²) < 4.78 is 14.1. The van der Waals surface area contributed by atoms with Gasteiger partial charge < -0.3 is 4.90 Å². The smallest absolute Gasteiger partial charge is 0.251 e. The highest BCUT2D eigenvalue weighted by atomic mass is 19.1. The number of amides is 3. The van der Waals surface area contributed by atoms with Gasteiger partial charge in [0.15, 0.2) is 0 Å². The number of likely N-dealkylation sites (tertiary alicyclic amines) is 2. The number of para-hydroxylation sites is 1. The fraction of sp³-hybridized carbons (Fsp3) is 0.571. The van der Waals surface area contributed by atoms with E-state index in [2.05, 4.69) is 0 Å². The number of anilines is 1. The number of piperidine rings is 2. The Kier molecular flexibility index (Phi) is 5.44. The Hall–Kier alpha value is -2.28. The van der Waals surface area contributed by atoms with Crippen LogP contribution in [0.4, 0.5) is 10.1 Å². The third kappa shape index (κ3) is 3.55. The normalized spacial score (nSPS) is 24.8. The molecule has 0 N–H and O–H groups in total. The van der Waals surface area contributed by atoms with Gasteiger partial charge in [-0.3, -0.25) is 19.3 Å². The maximum atomic E-state index is 14.1. The van der Waals surface area contributed by atoms with Crippen LogP contribution >= 0.6 is 0 Å². The van der Waals surface area contributed by atoms with Crippen LogP contribution in [-0.2, 0) is 14.4 Å². The second-order valence-corrected chi connectivity index (χ2v) is 7.93. The van der Waals surface area contributed by atoms with E-state index < -0.39 is 11.9 Å². The van der Waals surface area contributed by atoms with Gasteiger partial charge in [-0.05, 0) is 57.3 Å². The largest absolute Gasteiger partial charge is 0.342 e. The van der Waals surface area contributed by atoms with Crippen LogP contribution in [0, 0.1) is 11.7 Å². The van der Waals surface area contributed by atoms with Crippen molar-refractivity contribution in [2.24, 2.45) is 5.92 Å². The first-order chi connectivity index (χ1) is 13.6. The molecule has 0 bridgehead atoms. The van der Waals surface area contributed by atoms with E-state index in [1.807, 2.05) is 9.80 Å². The maximum absolute atomic E-state index is 14.1. The highest BCUT2D eigenvalue weighted by molar-refractivity contribution is 6.22. The SMILES string of the molecule is O=C(C1CCN(C2CC(=O)N(c3ccccc3F)C2=O)CC1)N1CCCCC1. The van der Waals surface area contributed by atoms with Crippen molar-refractivity contribution in [3.05, 3.63) is 30.1 Å². The molecule has 0 saturated carbocycles. The van der Waals surface area contributed by atoms with Crippen molar-refractivity contribution in [1.29, 1.82) is 0 Å². The van der Waals surface area contributed by atoms with Crippen molar-refractivity contribution in [3.8, 4) is 0 Å². The van der Waals surface area contributed by atoms with Crippen LogP contribution < -0.4 is 4.90 Å². The highest BCUT2D eigenvalue weighted by Crippen LogP contribution is 2.30. The number of carbonyl (C=O) groups is 3. The number of nitrogens with zero attached hydrogens (tertiary/aromatic N) is 3. The van der Waals surface area contributed by atoms with Gasteiger partial charge >= 0.3 is 0 Å². The zero-order valence-corrected chi connectivity index (χ0v) is 16.0. The summed E-state index contributed by atoms with van der Waals surface area (Å²) in [5.41, 5.74) is 0.0233. The molecule has 1 atom stereocenters. The van der Waals surface area contributed by atoms with Crippen LogP contribution in [0.15, 0.2) is 24.3 Å².